The Kier molecular flexibility index (Phi) is 5.57. The summed E-state index contributed by atoms with van der Waals surface area (Å²) in [6.45, 7) is 6.53. The van der Waals surface area contributed by atoms with Gasteiger partial charge in [-0.15, -0.1) is 21.5 Å². The summed E-state index contributed by atoms with van der Waals surface area (Å²) in [4.78, 5) is 6.48. The van der Waals surface area contributed by atoms with Crippen LogP contribution in [0.4, 0.5) is 5.69 Å². The van der Waals surface area contributed by atoms with Gasteiger partial charge in [-0.2, -0.15) is 0 Å². The Morgan fingerprint density at radius 1 is 0.966 bits per heavy atom. The van der Waals surface area contributed by atoms with E-state index in [4.69, 9.17) is 11.6 Å². The van der Waals surface area contributed by atoms with Crippen molar-refractivity contribution in [3.05, 3.63) is 51.4 Å². The van der Waals surface area contributed by atoms with E-state index >= 15 is 0 Å². The topological polar surface area (TPSA) is 37.2 Å². The van der Waals surface area contributed by atoms with Crippen LogP contribution in [0, 0.1) is 0 Å². The number of piperazine rings is 1. The van der Waals surface area contributed by atoms with Crippen LogP contribution >= 0.6 is 22.9 Å². The second-order valence-electron chi connectivity index (χ2n) is 7.86. The fraction of sp³-hybridized carbons (Fsp3) is 0.455. The number of aromatic nitrogens is 3. The van der Waals surface area contributed by atoms with Crippen LogP contribution in [-0.2, 0) is 19.4 Å². The fourth-order valence-electron chi connectivity index (χ4n) is 4.43. The average Bonchev–Trinajstić information content (AvgIpc) is 3.33. The van der Waals surface area contributed by atoms with E-state index in [1.807, 2.05) is 23.5 Å². The van der Waals surface area contributed by atoms with E-state index in [0.29, 0.717) is 0 Å². The molecular weight excluding hydrogens is 402 g/mol. The lowest BCUT2D eigenvalue weighted by atomic mass is 10.2. The molecule has 0 spiro atoms. The van der Waals surface area contributed by atoms with Crippen LogP contribution in [0.25, 0.3) is 11.4 Å². The minimum absolute atomic E-state index is 0.800. The smallest absolute Gasteiger partial charge is 0.165 e. The van der Waals surface area contributed by atoms with Crippen molar-refractivity contribution in [3.8, 4) is 11.4 Å². The normalized spacial score (nSPS) is 17.1. The number of aryl methyl sites for hydroxylation is 2. The van der Waals surface area contributed by atoms with Gasteiger partial charge in [-0.1, -0.05) is 11.6 Å². The number of nitrogens with zero attached hydrogens (tertiary/aromatic N) is 5. The largest absolute Gasteiger partial charge is 0.369 e. The third-order valence-electron chi connectivity index (χ3n) is 6.04. The van der Waals surface area contributed by atoms with Gasteiger partial charge in [0.05, 0.1) is 0 Å². The van der Waals surface area contributed by atoms with Gasteiger partial charge in [-0.05, 0) is 61.5 Å². The monoisotopic (exact) mass is 427 g/mol. The summed E-state index contributed by atoms with van der Waals surface area (Å²) in [7, 11) is 0. The molecule has 0 amide bonds. The molecule has 1 fully saturated rings. The zero-order chi connectivity index (χ0) is 19.6. The van der Waals surface area contributed by atoms with Gasteiger partial charge < -0.3 is 9.47 Å². The minimum Gasteiger partial charge on any atom is -0.369 e. The zero-order valence-corrected chi connectivity index (χ0v) is 18.1. The van der Waals surface area contributed by atoms with Crippen molar-refractivity contribution in [3.63, 3.8) is 0 Å². The van der Waals surface area contributed by atoms with Gasteiger partial charge in [0, 0.05) is 60.3 Å². The fourth-order valence-corrected chi connectivity index (χ4v) is 5.47. The lowest BCUT2D eigenvalue weighted by molar-refractivity contribution is 0.254. The molecule has 2 aliphatic heterocycles. The number of benzene rings is 1. The van der Waals surface area contributed by atoms with Gasteiger partial charge in [0.1, 0.15) is 5.82 Å². The molecular formula is C22H26ClN5S. The van der Waals surface area contributed by atoms with Crippen LogP contribution in [0.2, 0.25) is 5.02 Å². The summed E-state index contributed by atoms with van der Waals surface area (Å²) < 4.78 is 2.36. The van der Waals surface area contributed by atoms with E-state index in [1.54, 1.807) is 0 Å². The number of halogens is 1. The highest BCUT2D eigenvalue weighted by Crippen LogP contribution is 2.31. The molecule has 29 heavy (non-hydrogen) atoms. The van der Waals surface area contributed by atoms with E-state index in [-0.39, 0.29) is 0 Å². The van der Waals surface area contributed by atoms with Crippen LogP contribution in [0.1, 0.15) is 23.5 Å². The molecule has 0 radical (unpaired) electrons. The van der Waals surface area contributed by atoms with Gasteiger partial charge in [0.15, 0.2) is 5.82 Å². The lowest BCUT2D eigenvalue weighted by Crippen LogP contribution is -2.46. The SMILES string of the molecule is Clc1ccc(N2CCN(CCCc3nnc4n3CCCc3sccc3-4)CC2)cc1. The summed E-state index contributed by atoms with van der Waals surface area (Å²) in [5.74, 6) is 2.23. The van der Waals surface area contributed by atoms with Gasteiger partial charge in [0.2, 0.25) is 0 Å². The summed E-state index contributed by atoms with van der Waals surface area (Å²) >= 11 is 7.86. The third-order valence-corrected chi connectivity index (χ3v) is 7.27. The second kappa shape index (κ2) is 8.46. The molecule has 7 heteroatoms. The van der Waals surface area contributed by atoms with Gasteiger partial charge in [-0.3, -0.25) is 4.90 Å². The maximum Gasteiger partial charge on any atom is 0.165 e. The van der Waals surface area contributed by atoms with Crippen molar-refractivity contribution in [1.29, 1.82) is 0 Å². The standard InChI is InChI=1S/C22H26ClN5S/c23-17-5-7-18(8-6-17)27-14-12-26(13-15-27)10-2-4-21-24-25-22-19-9-16-29-20(19)3-1-11-28(21)22/h5-9,16H,1-4,10-15H2. The number of hydrogen-bond acceptors (Lipinski definition) is 5. The maximum atomic E-state index is 6.01. The Morgan fingerprint density at radius 3 is 2.62 bits per heavy atom. The summed E-state index contributed by atoms with van der Waals surface area (Å²) in [5.41, 5.74) is 2.57. The van der Waals surface area contributed by atoms with E-state index in [9.17, 15) is 0 Å². The molecule has 1 aromatic carbocycles. The molecule has 3 aromatic rings. The van der Waals surface area contributed by atoms with Crippen LogP contribution < -0.4 is 4.90 Å². The Labute approximate surface area is 180 Å². The molecule has 0 N–H and O–H groups in total. The Morgan fingerprint density at radius 2 is 1.79 bits per heavy atom. The first kappa shape index (κ1) is 19.1. The predicted octanol–water partition coefficient (Wildman–Crippen LogP) is 4.36. The van der Waals surface area contributed by atoms with Crippen LogP contribution in [-0.4, -0.2) is 52.4 Å². The highest BCUT2D eigenvalue weighted by molar-refractivity contribution is 7.10. The molecule has 5 nitrogen and oxygen atoms in total. The van der Waals surface area contributed by atoms with E-state index in [0.717, 1.165) is 75.2 Å². The minimum atomic E-state index is 0.800. The Balaban J connectivity index is 1.14. The lowest BCUT2D eigenvalue weighted by Gasteiger charge is -2.36. The summed E-state index contributed by atoms with van der Waals surface area (Å²) in [6.07, 6.45) is 4.48. The van der Waals surface area contributed by atoms with Crippen molar-refractivity contribution in [2.75, 3.05) is 37.6 Å². The molecule has 2 aliphatic rings. The number of rotatable bonds is 5. The van der Waals surface area contributed by atoms with E-state index in [2.05, 4.69) is 48.1 Å². The van der Waals surface area contributed by atoms with E-state index < -0.39 is 0 Å². The van der Waals surface area contributed by atoms with Gasteiger partial charge in [0.25, 0.3) is 0 Å². The van der Waals surface area contributed by atoms with Gasteiger partial charge >= 0.3 is 0 Å². The first-order valence-corrected chi connectivity index (χ1v) is 11.8. The molecule has 0 aliphatic carbocycles. The Bertz CT molecular complexity index is 956. The first-order valence-electron chi connectivity index (χ1n) is 10.5. The second-order valence-corrected chi connectivity index (χ2v) is 9.30. The average molecular weight is 428 g/mol. The molecule has 0 unspecified atom stereocenters. The molecule has 0 atom stereocenters. The molecule has 1 saturated heterocycles. The first-order chi connectivity index (χ1) is 14.3. The molecule has 5 rings (SSSR count). The van der Waals surface area contributed by atoms with Crippen molar-refractivity contribution >= 4 is 28.6 Å². The van der Waals surface area contributed by atoms with Crippen molar-refractivity contribution < 1.29 is 0 Å². The highest BCUT2D eigenvalue weighted by Gasteiger charge is 2.21. The molecule has 4 heterocycles. The van der Waals surface area contributed by atoms with Gasteiger partial charge in [-0.25, -0.2) is 0 Å². The number of hydrogen-bond donors (Lipinski definition) is 0. The molecule has 152 valence electrons. The van der Waals surface area contributed by atoms with Crippen LogP contribution in [0.5, 0.6) is 0 Å². The highest BCUT2D eigenvalue weighted by atomic mass is 35.5. The van der Waals surface area contributed by atoms with Crippen molar-refractivity contribution in [1.82, 2.24) is 19.7 Å². The number of thiophene rings is 1. The zero-order valence-electron chi connectivity index (χ0n) is 16.6. The maximum absolute atomic E-state index is 6.01. The summed E-state index contributed by atoms with van der Waals surface area (Å²) in [6, 6.07) is 10.4. The van der Waals surface area contributed by atoms with Crippen LogP contribution in [0.15, 0.2) is 35.7 Å². The number of anilines is 1. The van der Waals surface area contributed by atoms with Crippen molar-refractivity contribution in [2.24, 2.45) is 0 Å². The third kappa shape index (κ3) is 4.06. The predicted molar refractivity (Wildman–Crippen MR) is 120 cm³/mol. The molecule has 0 saturated carbocycles. The van der Waals surface area contributed by atoms with Crippen molar-refractivity contribution in [2.45, 2.75) is 32.2 Å². The molecule has 0 bridgehead atoms. The molecule has 2 aromatic heterocycles. The Hall–Kier alpha value is -1.89. The summed E-state index contributed by atoms with van der Waals surface area (Å²) in [5, 5.41) is 12.1. The van der Waals surface area contributed by atoms with Crippen LogP contribution in [0.3, 0.4) is 0 Å². The quantitative estimate of drug-likeness (QED) is 0.606. The van der Waals surface area contributed by atoms with E-state index in [1.165, 1.54) is 22.5 Å². The number of fused-ring (bicyclic) bond motifs is 3.